The van der Waals surface area contributed by atoms with Gasteiger partial charge in [0.15, 0.2) is 0 Å². The summed E-state index contributed by atoms with van der Waals surface area (Å²) in [6, 6.07) is -0.487. The van der Waals surface area contributed by atoms with Gasteiger partial charge in [-0.2, -0.15) is 18.3 Å². The summed E-state index contributed by atoms with van der Waals surface area (Å²) in [6.45, 7) is 1.69. The van der Waals surface area contributed by atoms with Crippen molar-refractivity contribution >= 4 is 24.0 Å². The number of amides is 1. The van der Waals surface area contributed by atoms with Crippen molar-refractivity contribution in [3.63, 3.8) is 0 Å². The molecule has 0 spiro atoms. The first-order valence-electron chi connectivity index (χ1n) is 9.62. The molecule has 4 aliphatic heterocycles. The van der Waals surface area contributed by atoms with Crippen molar-refractivity contribution in [3.05, 3.63) is 0 Å². The minimum absolute atomic E-state index is 0.0216. The fourth-order valence-corrected chi connectivity index (χ4v) is 4.70. The van der Waals surface area contributed by atoms with E-state index >= 15 is 0 Å². The number of carbonyl (C=O) groups excluding carboxylic acids is 1. The molecule has 0 saturated carbocycles. The van der Waals surface area contributed by atoms with Gasteiger partial charge in [-0.05, 0) is 18.8 Å². The van der Waals surface area contributed by atoms with Gasteiger partial charge in [0.05, 0.1) is 43.7 Å². The normalized spacial score (nSPS) is 38.2. The third kappa shape index (κ3) is 3.78. The van der Waals surface area contributed by atoms with Crippen LogP contribution in [0.5, 0.6) is 0 Å². The van der Waals surface area contributed by atoms with Crippen LogP contribution in [-0.2, 0) is 4.79 Å². The summed E-state index contributed by atoms with van der Waals surface area (Å²) < 4.78 is 37.8. The first-order valence-corrected chi connectivity index (χ1v) is 9.62. The number of aliphatic hydroxyl groups excluding tert-OH is 1. The Balaban J connectivity index is 1.46. The maximum absolute atomic E-state index is 12.9. The van der Waals surface area contributed by atoms with E-state index in [1.807, 2.05) is 13.1 Å². The highest BCUT2D eigenvalue weighted by molar-refractivity contribution is 6.12. The van der Waals surface area contributed by atoms with E-state index in [0.717, 1.165) is 17.1 Å². The van der Waals surface area contributed by atoms with E-state index in [1.165, 1.54) is 6.21 Å². The molecule has 6 atom stereocenters. The Bertz CT molecular complexity index is 722. The lowest BCUT2D eigenvalue weighted by Gasteiger charge is -2.33. The van der Waals surface area contributed by atoms with Gasteiger partial charge in [-0.3, -0.25) is 19.8 Å². The average molecular weight is 399 g/mol. The number of alkyl halides is 3. The van der Waals surface area contributed by atoms with Gasteiger partial charge < -0.3 is 10.0 Å². The second-order valence-electron chi connectivity index (χ2n) is 8.21. The number of likely N-dealkylation sites (tertiary alicyclic amines) is 1. The molecule has 6 unspecified atom stereocenters. The third-order valence-corrected chi connectivity index (χ3v) is 5.97. The summed E-state index contributed by atoms with van der Waals surface area (Å²) in [5, 5.41) is 14.6. The van der Waals surface area contributed by atoms with E-state index in [1.54, 1.807) is 4.90 Å². The number of halogens is 3. The van der Waals surface area contributed by atoms with Gasteiger partial charge in [0.2, 0.25) is 5.91 Å². The Morgan fingerprint density at radius 2 is 2.07 bits per heavy atom. The number of hydrogen-bond acceptors (Lipinski definition) is 6. The van der Waals surface area contributed by atoms with Crippen LogP contribution in [0.4, 0.5) is 13.2 Å². The third-order valence-electron chi connectivity index (χ3n) is 5.97. The lowest BCUT2D eigenvalue weighted by atomic mass is 9.78. The van der Waals surface area contributed by atoms with E-state index in [-0.39, 0.29) is 36.2 Å². The zero-order valence-corrected chi connectivity index (χ0v) is 15.6. The van der Waals surface area contributed by atoms with Crippen molar-refractivity contribution in [1.29, 1.82) is 0 Å². The minimum Gasteiger partial charge on any atom is -0.391 e. The van der Waals surface area contributed by atoms with E-state index in [9.17, 15) is 23.1 Å². The van der Waals surface area contributed by atoms with Crippen LogP contribution in [0.3, 0.4) is 0 Å². The molecule has 4 heterocycles. The number of hydrazone groups is 1. The monoisotopic (exact) mass is 399 g/mol. The predicted molar refractivity (Wildman–Crippen MR) is 97.6 cm³/mol. The van der Waals surface area contributed by atoms with Gasteiger partial charge in [-0.15, -0.1) is 0 Å². The summed E-state index contributed by atoms with van der Waals surface area (Å²) in [5.74, 6) is -0.245. The van der Waals surface area contributed by atoms with Crippen LogP contribution in [0.2, 0.25) is 0 Å². The van der Waals surface area contributed by atoms with Gasteiger partial charge in [0.25, 0.3) is 0 Å². The number of aliphatic imine (C=N–C) groups is 2. The molecule has 0 aromatic heterocycles. The number of rotatable bonds is 3. The van der Waals surface area contributed by atoms with E-state index in [2.05, 4.69) is 10.1 Å². The van der Waals surface area contributed by atoms with Crippen molar-refractivity contribution in [2.24, 2.45) is 32.8 Å². The zero-order valence-electron chi connectivity index (χ0n) is 15.6. The number of nitrogens with zero attached hydrogens (tertiary/aromatic N) is 5. The summed E-state index contributed by atoms with van der Waals surface area (Å²) in [5.41, 5.74) is 0.796. The highest BCUT2D eigenvalue weighted by Gasteiger charge is 2.48. The topological polar surface area (TPSA) is 80.9 Å². The van der Waals surface area contributed by atoms with Crippen LogP contribution in [0.1, 0.15) is 19.8 Å². The van der Waals surface area contributed by atoms with Crippen LogP contribution in [0, 0.1) is 17.8 Å². The zero-order chi connectivity index (χ0) is 20.1. The standard InChI is InChI=1S/C18H24F3N5O2/c1-10-2-14(11-3-13(27)6-22-4-11)24-15-8-26(17(28)16(10)15)12-5-23-25(7-12)9-18(19,20)21/h4-5,10-14,16,27H,2-3,6-9H2,1H3. The van der Waals surface area contributed by atoms with Crippen molar-refractivity contribution in [3.8, 4) is 0 Å². The highest BCUT2D eigenvalue weighted by Crippen LogP contribution is 2.36. The number of fused-ring (bicyclic) bond motifs is 1. The molecule has 1 fully saturated rings. The first kappa shape index (κ1) is 19.4. The number of hydrogen-bond donors (Lipinski definition) is 1. The van der Waals surface area contributed by atoms with Crippen molar-refractivity contribution in [1.82, 2.24) is 9.91 Å². The molecule has 0 radical (unpaired) electrons. The Kier molecular flexibility index (Phi) is 4.93. The van der Waals surface area contributed by atoms with Crippen LogP contribution in [0.25, 0.3) is 0 Å². The van der Waals surface area contributed by atoms with Gasteiger partial charge in [-0.1, -0.05) is 6.92 Å². The molecular formula is C18H24F3N5O2. The molecule has 1 saturated heterocycles. The summed E-state index contributed by atoms with van der Waals surface area (Å²) in [6.07, 6.45) is -0.153. The van der Waals surface area contributed by atoms with Crippen molar-refractivity contribution in [2.75, 3.05) is 26.2 Å². The quantitative estimate of drug-likeness (QED) is 0.768. The summed E-state index contributed by atoms with van der Waals surface area (Å²) in [7, 11) is 0. The number of aliphatic hydroxyl groups is 1. The summed E-state index contributed by atoms with van der Waals surface area (Å²) >= 11 is 0. The Labute approximate surface area is 161 Å². The molecule has 0 aromatic rings. The summed E-state index contributed by atoms with van der Waals surface area (Å²) in [4.78, 5) is 23.6. The minimum atomic E-state index is -4.33. The molecule has 28 heavy (non-hydrogen) atoms. The Morgan fingerprint density at radius 1 is 1.29 bits per heavy atom. The predicted octanol–water partition coefficient (Wildman–Crippen LogP) is 0.978. The molecule has 4 rings (SSSR count). The van der Waals surface area contributed by atoms with Crippen LogP contribution in [-0.4, -0.2) is 89.6 Å². The van der Waals surface area contributed by atoms with Crippen molar-refractivity contribution < 1.29 is 23.1 Å². The maximum Gasteiger partial charge on any atom is 0.407 e. The second kappa shape index (κ2) is 7.13. The smallest absolute Gasteiger partial charge is 0.391 e. The lowest BCUT2D eigenvalue weighted by molar-refractivity contribution is -0.146. The Hall–Kier alpha value is -1.97. The van der Waals surface area contributed by atoms with Gasteiger partial charge >= 0.3 is 6.18 Å². The maximum atomic E-state index is 12.9. The molecule has 7 nitrogen and oxygen atoms in total. The van der Waals surface area contributed by atoms with Crippen LogP contribution >= 0.6 is 0 Å². The fourth-order valence-electron chi connectivity index (χ4n) is 4.70. The average Bonchev–Trinajstić information content (AvgIpc) is 3.18. The van der Waals surface area contributed by atoms with Crippen molar-refractivity contribution in [2.45, 2.75) is 44.1 Å². The molecule has 1 amide bonds. The van der Waals surface area contributed by atoms with Gasteiger partial charge in [0, 0.05) is 24.1 Å². The van der Waals surface area contributed by atoms with E-state index in [4.69, 9.17) is 4.99 Å². The molecule has 4 aliphatic rings. The SMILES string of the molecule is CC1CC(C2C=NCC(O)C2)N=C2CN(C3C=NN(CC(F)(F)F)C3)C(=O)C21. The molecule has 1 N–H and O–H groups in total. The molecular weight excluding hydrogens is 375 g/mol. The molecule has 154 valence electrons. The van der Waals surface area contributed by atoms with E-state index in [0.29, 0.717) is 19.5 Å². The van der Waals surface area contributed by atoms with Crippen LogP contribution in [0.15, 0.2) is 15.1 Å². The lowest BCUT2D eigenvalue weighted by Crippen LogP contribution is -2.43. The van der Waals surface area contributed by atoms with Crippen LogP contribution < -0.4 is 0 Å². The Morgan fingerprint density at radius 3 is 2.79 bits per heavy atom. The van der Waals surface area contributed by atoms with Gasteiger partial charge in [-0.25, -0.2) is 0 Å². The molecule has 0 bridgehead atoms. The second-order valence-corrected chi connectivity index (χ2v) is 8.21. The fraction of sp³-hybridized carbons (Fsp3) is 0.778. The largest absolute Gasteiger partial charge is 0.407 e. The van der Waals surface area contributed by atoms with E-state index < -0.39 is 24.9 Å². The van der Waals surface area contributed by atoms with Gasteiger partial charge in [0.1, 0.15) is 6.54 Å². The highest BCUT2D eigenvalue weighted by atomic mass is 19.4. The molecule has 0 aliphatic carbocycles. The molecule has 10 heteroatoms. The first-order chi connectivity index (χ1) is 13.2. The number of carbonyl (C=O) groups is 1. The molecule has 0 aromatic carbocycles.